The molecular formula is C14H24N4O2. The summed E-state index contributed by atoms with van der Waals surface area (Å²) >= 11 is 0. The van der Waals surface area contributed by atoms with Crippen molar-refractivity contribution in [1.82, 2.24) is 9.97 Å². The lowest BCUT2D eigenvalue weighted by Crippen LogP contribution is -2.14. The highest BCUT2D eigenvalue weighted by Gasteiger charge is 2.10. The first-order valence-electron chi connectivity index (χ1n) is 7.20. The second-order valence-corrected chi connectivity index (χ2v) is 4.31. The molecule has 0 spiro atoms. The molecule has 0 atom stereocenters. The van der Waals surface area contributed by atoms with Gasteiger partial charge in [-0.3, -0.25) is 4.79 Å². The van der Waals surface area contributed by atoms with Crippen molar-refractivity contribution in [3.05, 3.63) is 11.9 Å². The number of nitrogens with one attached hydrogen (secondary N) is 2. The molecule has 0 aliphatic rings. The van der Waals surface area contributed by atoms with E-state index in [-0.39, 0.29) is 5.97 Å². The number of carbonyl (C=O) groups is 1. The van der Waals surface area contributed by atoms with E-state index in [0.29, 0.717) is 19.6 Å². The zero-order chi connectivity index (χ0) is 14.8. The number of hydrogen-bond acceptors (Lipinski definition) is 6. The van der Waals surface area contributed by atoms with Gasteiger partial charge in [0.15, 0.2) is 0 Å². The van der Waals surface area contributed by atoms with E-state index < -0.39 is 0 Å². The third-order valence-electron chi connectivity index (χ3n) is 2.72. The molecule has 0 bridgehead atoms. The topological polar surface area (TPSA) is 76.1 Å². The second kappa shape index (κ2) is 9.12. The van der Waals surface area contributed by atoms with Crippen LogP contribution < -0.4 is 10.6 Å². The lowest BCUT2D eigenvalue weighted by atomic mass is 10.1. The zero-order valence-corrected chi connectivity index (χ0v) is 12.5. The van der Waals surface area contributed by atoms with Crippen molar-refractivity contribution in [1.29, 1.82) is 0 Å². The number of rotatable bonds is 9. The molecule has 0 radical (unpaired) electrons. The van der Waals surface area contributed by atoms with E-state index in [1.165, 1.54) is 6.33 Å². The smallest absolute Gasteiger partial charge is 0.307 e. The largest absolute Gasteiger partial charge is 0.466 e. The Morgan fingerprint density at radius 1 is 1.20 bits per heavy atom. The Kier molecular flexibility index (Phi) is 7.39. The predicted molar refractivity (Wildman–Crippen MR) is 79.9 cm³/mol. The van der Waals surface area contributed by atoms with Gasteiger partial charge in [0.1, 0.15) is 18.0 Å². The van der Waals surface area contributed by atoms with E-state index >= 15 is 0 Å². The quantitative estimate of drug-likeness (QED) is 0.676. The molecule has 0 saturated carbocycles. The number of aromatic nitrogens is 2. The van der Waals surface area contributed by atoms with Gasteiger partial charge in [-0.15, -0.1) is 0 Å². The van der Waals surface area contributed by atoms with Crippen LogP contribution in [0.15, 0.2) is 6.33 Å². The number of hydrogen-bond donors (Lipinski definition) is 2. The van der Waals surface area contributed by atoms with E-state index in [2.05, 4.69) is 27.5 Å². The first kappa shape index (κ1) is 16.2. The Morgan fingerprint density at radius 3 is 2.50 bits per heavy atom. The molecule has 0 saturated heterocycles. The van der Waals surface area contributed by atoms with Crippen molar-refractivity contribution in [3.63, 3.8) is 0 Å². The maximum absolute atomic E-state index is 11.3. The summed E-state index contributed by atoms with van der Waals surface area (Å²) in [5, 5.41) is 6.43. The van der Waals surface area contributed by atoms with E-state index in [9.17, 15) is 4.79 Å². The second-order valence-electron chi connectivity index (χ2n) is 4.31. The Balaban J connectivity index is 2.68. The summed E-state index contributed by atoms with van der Waals surface area (Å²) in [5.74, 6) is 1.46. The fraction of sp³-hybridized carbons (Fsp3) is 0.643. The average Bonchev–Trinajstić information content (AvgIpc) is 2.43. The van der Waals surface area contributed by atoms with E-state index in [1.807, 2.05) is 6.92 Å². The van der Waals surface area contributed by atoms with Gasteiger partial charge in [0.2, 0.25) is 0 Å². The number of anilines is 2. The van der Waals surface area contributed by atoms with Gasteiger partial charge in [-0.05, 0) is 20.3 Å². The molecule has 20 heavy (non-hydrogen) atoms. The summed E-state index contributed by atoms with van der Waals surface area (Å²) in [6.07, 6.45) is 3.77. The molecular weight excluding hydrogens is 256 g/mol. The van der Waals surface area contributed by atoms with Crippen LogP contribution in [0.1, 0.15) is 39.2 Å². The Labute approximate surface area is 120 Å². The van der Waals surface area contributed by atoms with Gasteiger partial charge in [-0.1, -0.05) is 13.3 Å². The van der Waals surface area contributed by atoms with E-state index in [0.717, 1.165) is 36.6 Å². The third kappa shape index (κ3) is 5.03. The fourth-order valence-electron chi connectivity index (χ4n) is 1.89. The predicted octanol–water partition coefficient (Wildman–Crippen LogP) is 2.23. The van der Waals surface area contributed by atoms with Gasteiger partial charge in [-0.2, -0.15) is 0 Å². The SMILES string of the molecule is CCCc1c(NCC)ncnc1NCCC(=O)OCC. The number of esters is 1. The van der Waals surface area contributed by atoms with Crippen molar-refractivity contribution in [2.75, 3.05) is 30.3 Å². The zero-order valence-electron chi connectivity index (χ0n) is 12.5. The maximum Gasteiger partial charge on any atom is 0.307 e. The van der Waals surface area contributed by atoms with Crippen LogP contribution in [-0.2, 0) is 16.0 Å². The molecule has 112 valence electrons. The molecule has 1 aromatic rings. The Hall–Kier alpha value is -1.85. The van der Waals surface area contributed by atoms with Gasteiger partial charge < -0.3 is 15.4 Å². The fourth-order valence-corrected chi connectivity index (χ4v) is 1.89. The number of carbonyl (C=O) groups excluding carboxylic acids is 1. The van der Waals surface area contributed by atoms with Crippen LogP contribution in [0.4, 0.5) is 11.6 Å². The molecule has 0 unspecified atom stereocenters. The molecule has 6 nitrogen and oxygen atoms in total. The summed E-state index contributed by atoms with van der Waals surface area (Å²) in [6.45, 7) is 7.70. The first-order valence-corrected chi connectivity index (χ1v) is 7.20. The van der Waals surface area contributed by atoms with E-state index in [4.69, 9.17) is 4.74 Å². The normalized spacial score (nSPS) is 10.2. The highest BCUT2D eigenvalue weighted by Crippen LogP contribution is 2.21. The van der Waals surface area contributed by atoms with Crippen LogP contribution in [0, 0.1) is 0 Å². The minimum atomic E-state index is -0.196. The molecule has 1 heterocycles. The van der Waals surface area contributed by atoms with Crippen molar-refractivity contribution < 1.29 is 9.53 Å². The third-order valence-corrected chi connectivity index (χ3v) is 2.72. The van der Waals surface area contributed by atoms with Crippen LogP contribution in [0.5, 0.6) is 0 Å². The van der Waals surface area contributed by atoms with Crippen molar-refractivity contribution in [3.8, 4) is 0 Å². The number of nitrogens with zero attached hydrogens (tertiary/aromatic N) is 2. The van der Waals surface area contributed by atoms with Crippen LogP contribution >= 0.6 is 0 Å². The van der Waals surface area contributed by atoms with Gasteiger partial charge >= 0.3 is 5.97 Å². The number of ether oxygens (including phenoxy) is 1. The summed E-state index contributed by atoms with van der Waals surface area (Å²) in [5.41, 5.74) is 1.07. The molecule has 0 fully saturated rings. The Morgan fingerprint density at radius 2 is 1.90 bits per heavy atom. The van der Waals surface area contributed by atoms with Gasteiger partial charge in [0.05, 0.1) is 13.0 Å². The van der Waals surface area contributed by atoms with Gasteiger partial charge in [0, 0.05) is 18.7 Å². The van der Waals surface area contributed by atoms with Crippen molar-refractivity contribution >= 4 is 17.6 Å². The highest BCUT2D eigenvalue weighted by atomic mass is 16.5. The summed E-state index contributed by atoms with van der Waals surface area (Å²) < 4.78 is 4.90. The van der Waals surface area contributed by atoms with E-state index in [1.54, 1.807) is 6.92 Å². The molecule has 0 aromatic carbocycles. The lowest BCUT2D eigenvalue weighted by Gasteiger charge is -2.14. The molecule has 1 rings (SSSR count). The molecule has 2 N–H and O–H groups in total. The minimum Gasteiger partial charge on any atom is -0.466 e. The molecule has 0 aliphatic heterocycles. The molecule has 0 amide bonds. The first-order chi connectivity index (χ1) is 9.72. The summed E-state index contributed by atoms with van der Waals surface area (Å²) in [7, 11) is 0. The molecule has 6 heteroatoms. The molecule has 0 aliphatic carbocycles. The highest BCUT2D eigenvalue weighted by molar-refractivity contribution is 5.70. The van der Waals surface area contributed by atoms with Crippen LogP contribution in [0.25, 0.3) is 0 Å². The maximum atomic E-state index is 11.3. The monoisotopic (exact) mass is 280 g/mol. The summed E-state index contributed by atoms with van der Waals surface area (Å²) in [4.78, 5) is 19.8. The van der Waals surface area contributed by atoms with Gasteiger partial charge in [-0.25, -0.2) is 9.97 Å². The Bertz CT molecular complexity index is 424. The van der Waals surface area contributed by atoms with Crippen molar-refractivity contribution in [2.24, 2.45) is 0 Å². The lowest BCUT2D eigenvalue weighted by molar-refractivity contribution is -0.142. The van der Waals surface area contributed by atoms with Crippen LogP contribution in [0.2, 0.25) is 0 Å². The minimum absolute atomic E-state index is 0.196. The van der Waals surface area contributed by atoms with Crippen molar-refractivity contribution in [2.45, 2.75) is 40.0 Å². The summed E-state index contributed by atoms with van der Waals surface area (Å²) in [6, 6.07) is 0. The van der Waals surface area contributed by atoms with Crippen LogP contribution in [0.3, 0.4) is 0 Å². The standard InChI is InChI=1S/C14H24N4O2/c1-4-7-11-13(15-5-2)17-10-18-14(11)16-9-8-12(19)20-6-3/h10H,4-9H2,1-3H3,(H2,15,16,17,18). The van der Waals surface area contributed by atoms with Gasteiger partial charge in [0.25, 0.3) is 0 Å². The average molecular weight is 280 g/mol. The molecule has 1 aromatic heterocycles. The van der Waals surface area contributed by atoms with Crippen LogP contribution in [-0.4, -0.2) is 35.6 Å².